The van der Waals surface area contributed by atoms with E-state index in [0.717, 1.165) is 35.0 Å². The Morgan fingerprint density at radius 1 is 1.44 bits per heavy atom. The van der Waals surface area contributed by atoms with Crippen LogP contribution in [-0.4, -0.2) is 24.0 Å². The van der Waals surface area contributed by atoms with Gasteiger partial charge in [-0.2, -0.15) is 0 Å². The summed E-state index contributed by atoms with van der Waals surface area (Å²) < 4.78 is 0. The second-order valence-electron chi connectivity index (χ2n) is 3.50. The number of rotatable bonds is 7. The number of hydrogen-bond donors (Lipinski definition) is 2. The van der Waals surface area contributed by atoms with E-state index >= 15 is 0 Å². The second-order valence-corrected chi connectivity index (χ2v) is 5.08. The van der Waals surface area contributed by atoms with Gasteiger partial charge >= 0.3 is 0 Å². The van der Waals surface area contributed by atoms with E-state index in [1.165, 1.54) is 0 Å². The lowest BCUT2D eigenvalue weighted by molar-refractivity contribution is 0.322. The molecule has 4 heteroatoms. The molecule has 1 aromatic rings. The van der Waals surface area contributed by atoms with E-state index in [1.54, 1.807) is 11.8 Å². The predicted octanol–water partition coefficient (Wildman–Crippen LogP) is 2.92. The SMILES string of the molecule is CCCNCc1ccc(SCCO)cc1Cl. The molecule has 16 heavy (non-hydrogen) atoms. The zero-order valence-corrected chi connectivity index (χ0v) is 11.1. The van der Waals surface area contributed by atoms with Gasteiger partial charge in [-0.3, -0.25) is 0 Å². The Morgan fingerprint density at radius 2 is 2.25 bits per heavy atom. The highest BCUT2D eigenvalue weighted by Gasteiger charge is 2.01. The van der Waals surface area contributed by atoms with Crippen LogP contribution < -0.4 is 5.32 Å². The van der Waals surface area contributed by atoms with Gasteiger partial charge in [0.15, 0.2) is 0 Å². The molecule has 0 aliphatic carbocycles. The highest BCUT2D eigenvalue weighted by molar-refractivity contribution is 7.99. The number of halogens is 1. The van der Waals surface area contributed by atoms with E-state index < -0.39 is 0 Å². The summed E-state index contributed by atoms with van der Waals surface area (Å²) in [6.07, 6.45) is 1.13. The van der Waals surface area contributed by atoms with Gasteiger partial charge in [0.2, 0.25) is 0 Å². The van der Waals surface area contributed by atoms with Gasteiger partial charge < -0.3 is 10.4 Å². The molecule has 0 spiro atoms. The first-order valence-corrected chi connectivity index (χ1v) is 6.87. The molecule has 0 atom stereocenters. The van der Waals surface area contributed by atoms with Crippen LogP contribution in [0.2, 0.25) is 5.02 Å². The first-order valence-electron chi connectivity index (χ1n) is 5.50. The number of hydrogen-bond acceptors (Lipinski definition) is 3. The van der Waals surface area contributed by atoms with Gasteiger partial charge in [-0.05, 0) is 30.7 Å². The van der Waals surface area contributed by atoms with Crippen molar-refractivity contribution in [2.75, 3.05) is 18.9 Å². The predicted molar refractivity (Wildman–Crippen MR) is 71.3 cm³/mol. The molecule has 1 rings (SSSR count). The maximum atomic E-state index is 8.73. The van der Waals surface area contributed by atoms with E-state index in [2.05, 4.69) is 18.3 Å². The van der Waals surface area contributed by atoms with Crippen molar-refractivity contribution in [3.05, 3.63) is 28.8 Å². The zero-order valence-electron chi connectivity index (χ0n) is 9.50. The fourth-order valence-corrected chi connectivity index (χ4v) is 2.33. The molecule has 0 radical (unpaired) electrons. The minimum atomic E-state index is 0.197. The van der Waals surface area contributed by atoms with Crippen molar-refractivity contribution in [3.8, 4) is 0 Å². The lowest BCUT2D eigenvalue weighted by Crippen LogP contribution is -2.13. The van der Waals surface area contributed by atoms with Crippen molar-refractivity contribution in [2.24, 2.45) is 0 Å². The Kier molecular flexibility index (Phi) is 6.88. The molecule has 2 N–H and O–H groups in total. The Labute approximate surface area is 106 Å². The highest BCUT2D eigenvalue weighted by atomic mass is 35.5. The molecule has 0 saturated carbocycles. The summed E-state index contributed by atoms with van der Waals surface area (Å²) in [6, 6.07) is 6.06. The van der Waals surface area contributed by atoms with Gasteiger partial charge in [0.05, 0.1) is 6.61 Å². The summed E-state index contributed by atoms with van der Waals surface area (Å²) in [6.45, 7) is 4.17. The van der Waals surface area contributed by atoms with E-state index in [1.807, 2.05) is 12.1 Å². The Balaban J connectivity index is 2.53. The van der Waals surface area contributed by atoms with E-state index in [-0.39, 0.29) is 6.61 Å². The molecule has 0 saturated heterocycles. The van der Waals surface area contributed by atoms with E-state index in [4.69, 9.17) is 16.7 Å². The van der Waals surface area contributed by atoms with Crippen LogP contribution in [0.5, 0.6) is 0 Å². The summed E-state index contributed by atoms with van der Waals surface area (Å²) in [5.74, 6) is 0.712. The normalized spacial score (nSPS) is 10.7. The fraction of sp³-hybridized carbons (Fsp3) is 0.500. The number of nitrogens with one attached hydrogen (secondary N) is 1. The molecule has 90 valence electrons. The molecular formula is C12H18ClNOS. The minimum Gasteiger partial charge on any atom is -0.396 e. The summed E-state index contributed by atoms with van der Waals surface area (Å²) in [7, 11) is 0. The van der Waals surface area contributed by atoms with Crippen molar-refractivity contribution < 1.29 is 5.11 Å². The summed E-state index contributed by atoms with van der Waals surface area (Å²) in [4.78, 5) is 1.11. The van der Waals surface area contributed by atoms with Crippen molar-refractivity contribution >= 4 is 23.4 Å². The van der Waals surface area contributed by atoms with Crippen LogP contribution >= 0.6 is 23.4 Å². The van der Waals surface area contributed by atoms with E-state index in [9.17, 15) is 0 Å². The standard InChI is InChI=1S/C12H18ClNOS/c1-2-5-14-9-10-3-4-11(8-12(10)13)16-7-6-15/h3-4,8,14-15H,2,5-7,9H2,1H3. The quantitative estimate of drug-likeness (QED) is 0.583. The first-order chi connectivity index (χ1) is 7.77. The van der Waals surface area contributed by atoms with Crippen molar-refractivity contribution in [1.82, 2.24) is 5.32 Å². The maximum absolute atomic E-state index is 8.73. The van der Waals surface area contributed by atoms with Crippen LogP contribution in [0.4, 0.5) is 0 Å². The average molecular weight is 260 g/mol. The van der Waals surface area contributed by atoms with Crippen LogP contribution in [0, 0.1) is 0 Å². The largest absolute Gasteiger partial charge is 0.396 e. The third kappa shape index (κ3) is 4.74. The Bertz CT molecular complexity index is 320. The summed E-state index contributed by atoms with van der Waals surface area (Å²) >= 11 is 7.79. The first kappa shape index (κ1) is 13.8. The van der Waals surface area contributed by atoms with Crippen molar-refractivity contribution in [2.45, 2.75) is 24.8 Å². The molecule has 0 aromatic heterocycles. The molecule has 0 aliphatic heterocycles. The lowest BCUT2D eigenvalue weighted by atomic mass is 10.2. The highest BCUT2D eigenvalue weighted by Crippen LogP contribution is 2.24. The topological polar surface area (TPSA) is 32.3 Å². The number of thioether (sulfide) groups is 1. The monoisotopic (exact) mass is 259 g/mol. The van der Waals surface area contributed by atoms with Crippen LogP contribution in [0.3, 0.4) is 0 Å². The van der Waals surface area contributed by atoms with Gasteiger partial charge in [0.25, 0.3) is 0 Å². The molecule has 0 unspecified atom stereocenters. The molecule has 0 heterocycles. The van der Waals surface area contributed by atoms with Crippen LogP contribution in [0.15, 0.2) is 23.1 Å². The number of aliphatic hydroxyl groups excluding tert-OH is 1. The number of aliphatic hydroxyl groups is 1. The van der Waals surface area contributed by atoms with Crippen molar-refractivity contribution in [1.29, 1.82) is 0 Å². The lowest BCUT2D eigenvalue weighted by Gasteiger charge is -2.07. The molecular weight excluding hydrogens is 242 g/mol. The summed E-state index contributed by atoms with van der Waals surface area (Å²) in [5.41, 5.74) is 1.13. The summed E-state index contributed by atoms with van der Waals surface area (Å²) in [5, 5.41) is 12.9. The zero-order chi connectivity index (χ0) is 11.8. The van der Waals surface area contributed by atoms with E-state index in [0.29, 0.717) is 5.75 Å². The van der Waals surface area contributed by atoms with Crippen LogP contribution in [0.25, 0.3) is 0 Å². The molecule has 1 aromatic carbocycles. The van der Waals surface area contributed by atoms with Crippen LogP contribution in [-0.2, 0) is 6.54 Å². The fourth-order valence-electron chi connectivity index (χ4n) is 1.32. The van der Waals surface area contributed by atoms with Gasteiger partial charge in [0, 0.05) is 22.2 Å². The molecule has 0 amide bonds. The van der Waals surface area contributed by atoms with Gasteiger partial charge in [0.1, 0.15) is 0 Å². The molecule has 0 fully saturated rings. The van der Waals surface area contributed by atoms with Crippen LogP contribution in [0.1, 0.15) is 18.9 Å². The van der Waals surface area contributed by atoms with Gasteiger partial charge in [-0.25, -0.2) is 0 Å². The average Bonchev–Trinajstić information content (AvgIpc) is 2.29. The maximum Gasteiger partial charge on any atom is 0.0525 e. The van der Waals surface area contributed by atoms with Gasteiger partial charge in [-0.15, -0.1) is 11.8 Å². The minimum absolute atomic E-state index is 0.197. The molecule has 2 nitrogen and oxygen atoms in total. The number of benzene rings is 1. The molecule has 0 bridgehead atoms. The second kappa shape index (κ2) is 7.96. The third-order valence-corrected chi connectivity index (χ3v) is 3.45. The van der Waals surface area contributed by atoms with Crippen molar-refractivity contribution in [3.63, 3.8) is 0 Å². The molecule has 0 aliphatic rings. The smallest absolute Gasteiger partial charge is 0.0525 e. The Hall–Kier alpha value is -0.220. The Morgan fingerprint density at radius 3 is 2.88 bits per heavy atom. The van der Waals surface area contributed by atoms with Gasteiger partial charge in [-0.1, -0.05) is 24.6 Å². The third-order valence-electron chi connectivity index (χ3n) is 2.13.